The Balaban J connectivity index is 2.05. The maximum Gasteiger partial charge on any atom is 0.251 e. The number of nitrogens with zero attached hydrogens (tertiary/aromatic N) is 2. The van der Waals surface area contributed by atoms with Gasteiger partial charge in [0.1, 0.15) is 5.82 Å². The lowest BCUT2D eigenvalue weighted by Gasteiger charge is -2.05. The van der Waals surface area contributed by atoms with Crippen molar-refractivity contribution in [1.29, 1.82) is 0 Å². The quantitative estimate of drug-likeness (QED) is 0.845. The molecule has 6 heteroatoms. The highest BCUT2D eigenvalue weighted by Crippen LogP contribution is 2.14. The van der Waals surface area contributed by atoms with E-state index in [1.807, 2.05) is 20.2 Å². The standard InChI is InChI=1S/C13H14FN3OS/c1-8-10(7-17(2)16-8)6-15-13(18)9-3-4-11(14)12(19)5-9/h3-5,7,19H,6H2,1-2H3,(H,15,18). The number of benzene rings is 1. The molecule has 0 saturated heterocycles. The predicted octanol–water partition coefficient (Wildman–Crippen LogP) is 2.09. The lowest BCUT2D eigenvalue weighted by molar-refractivity contribution is 0.0950. The number of carbonyl (C=O) groups is 1. The van der Waals surface area contributed by atoms with Gasteiger partial charge >= 0.3 is 0 Å². The van der Waals surface area contributed by atoms with Crippen LogP contribution < -0.4 is 5.32 Å². The number of hydrogen-bond acceptors (Lipinski definition) is 3. The largest absolute Gasteiger partial charge is 0.348 e. The molecule has 0 saturated carbocycles. The first-order valence-corrected chi connectivity index (χ1v) is 6.18. The van der Waals surface area contributed by atoms with E-state index < -0.39 is 5.82 Å². The fourth-order valence-corrected chi connectivity index (χ4v) is 1.97. The summed E-state index contributed by atoms with van der Waals surface area (Å²) in [6, 6.07) is 4.07. The maximum atomic E-state index is 13.0. The van der Waals surface area contributed by atoms with E-state index in [0.29, 0.717) is 12.1 Å². The highest BCUT2D eigenvalue weighted by Gasteiger charge is 2.09. The third-order valence-electron chi connectivity index (χ3n) is 2.76. The van der Waals surface area contributed by atoms with Crippen LogP contribution >= 0.6 is 12.6 Å². The minimum absolute atomic E-state index is 0.158. The molecule has 1 heterocycles. The van der Waals surface area contributed by atoms with Gasteiger partial charge in [-0.05, 0) is 25.1 Å². The summed E-state index contributed by atoms with van der Waals surface area (Å²) >= 11 is 3.95. The molecule has 1 amide bonds. The van der Waals surface area contributed by atoms with Crippen LogP contribution in [0, 0.1) is 12.7 Å². The van der Waals surface area contributed by atoms with Crippen LogP contribution in [-0.2, 0) is 13.6 Å². The lowest BCUT2D eigenvalue weighted by atomic mass is 10.2. The molecule has 0 unspecified atom stereocenters. The van der Waals surface area contributed by atoms with Gasteiger partial charge in [0.05, 0.1) is 5.69 Å². The molecule has 2 rings (SSSR count). The molecule has 1 aromatic heterocycles. The van der Waals surface area contributed by atoms with Gasteiger partial charge in [-0.15, -0.1) is 12.6 Å². The number of thiol groups is 1. The zero-order chi connectivity index (χ0) is 14.0. The molecule has 0 aliphatic carbocycles. The van der Waals surface area contributed by atoms with Gasteiger partial charge in [0.15, 0.2) is 0 Å². The summed E-state index contributed by atoms with van der Waals surface area (Å²) in [4.78, 5) is 12.1. The van der Waals surface area contributed by atoms with Crippen molar-refractivity contribution in [2.75, 3.05) is 0 Å². The van der Waals surface area contributed by atoms with E-state index in [4.69, 9.17) is 0 Å². The van der Waals surface area contributed by atoms with Gasteiger partial charge in [0.2, 0.25) is 0 Å². The summed E-state index contributed by atoms with van der Waals surface area (Å²) in [5.41, 5.74) is 2.20. The topological polar surface area (TPSA) is 46.9 Å². The lowest BCUT2D eigenvalue weighted by Crippen LogP contribution is -2.23. The van der Waals surface area contributed by atoms with Crippen molar-refractivity contribution in [3.8, 4) is 0 Å². The second-order valence-electron chi connectivity index (χ2n) is 4.26. The van der Waals surface area contributed by atoms with Crippen LogP contribution in [0.15, 0.2) is 29.3 Å². The minimum Gasteiger partial charge on any atom is -0.348 e. The van der Waals surface area contributed by atoms with E-state index in [2.05, 4.69) is 23.0 Å². The summed E-state index contributed by atoms with van der Waals surface area (Å²) in [5.74, 6) is -0.707. The molecule has 2 aromatic rings. The van der Waals surface area contributed by atoms with Crippen molar-refractivity contribution in [3.63, 3.8) is 0 Å². The van der Waals surface area contributed by atoms with Crippen LogP contribution in [0.25, 0.3) is 0 Å². The highest BCUT2D eigenvalue weighted by atomic mass is 32.1. The molecule has 19 heavy (non-hydrogen) atoms. The molecule has 0 atom stereocenters. The SMILES string of the molecule is Cc1nn(C)cc1CNC(=O)c1ccc(F)c(S)c1. The van der Waals surface area contributed by atoms with Crippen LogP contribution in [0.5, 0.6) is 0 Å². The second kappa shape index (κ2) is 5.44. The molecule has 0 aliphatic heterocycles. The predicted molar refractivity (Wildman–Crippen MR) is 72.8 cm³/mol. The first-order valence-electron chi connectivity index (χ1n) is 5.73. The summed E-state index contributed by atoms with van der Waals surface area (Å²) < 4.78 is 14.7. The Morgan fingerprint density at radius 2 is 2.26 bits per heavy atom. The molecular weight excluding hydrogens is 265 g/mol. The number of amides is 1. The molecule has 0 bridgehead atoms. The first-order chi connectivity index (χ1) is 8.97. The van der Waals surface area contributed by atoms with Crippen LogP contribution in [0.2, 0.25) is 0 Å². The van der Waals surface area contributed by atoms with E-state index >= 15 is 0 Å². The Bertz CT molecular complexity index is 624. The van der Waals surface area contributed by atoms with Gasteiger partial charge in [-0.2, -0.15) is 5.10 Å². The monoisotopic (exact) mass is 279 g/mol. The molecule has 0 spiro atoms. The molecule has 1 N–H and O–H groups in total. The number of halogens is 1. The Kier molecular flexibility index (Phi) is 3.90. The Hall–Kier alpha value is -1.82. The average Bonchev–Trinajstić information content (AvgIpc) is 2.68. The second-order valence-corrected chi connectivity index (χ2v) is 4.74. The normalized spacial score (nSPS) is 10.5. The van der Waals surface area contributed by atoms with Crippen LogP contribution in [0.4, 0.5) is 4.39 Å². The number of rotatable bonds is 3. The van der Waals surface area contributed by atoms with E-state index in [1.54, 1.807) is 4.68 Å². The summed E-state index contributed by atoms with van der Waals surface area (Å²) in [6.45, 7) is 2.27. The van der Waals surface area contributed by atoms with Gasteiger partial charge in [-0.3, -0.25) is 9.48 Å². The molecular formula is C13H14FN3OS. The number of nitrogens with one attached hydrogen (secondary N) is 1. The van der Waals surface area contributed by atoms with Crippen LogP contribution in [0.1, 0.15) is 21.6 Å². The third-order valence-corrected chi connectivity index (χ3v) is 3.11. The summed E-state index contributed by atoms with van der Waals surface area (Å²) in [5, 5.41) is 6.96. The van der Waals surface area contributed by atoms with Gasteiger partial charge < -0.3 is 5.32 Å². The summed E-state index contributed by atoms with van der Waals surface area (Å²) in [6.07, 6.45) is 1.85. The van der Waals surface area contributed by atoms with Gasteiger partial charge in [0, 0.05) is 35.8 Å². The third kappa shape index (κ3) is 3.14. The fourth-order valence-electron chi connectivity index (χ4n) is 1.75. The minimum atomic E-state index is -0.442. The van der Waals surface area contributed by atoms with E-state index in [9.17, 15) is 9.18 Å². The van der Waals surface area contributed by atoms with E-state index in [1.165, 1.54) is 18.2 Å². The van der Waals surface area contributed by atoms with Crippen molar-refractivity contribution in [1.82, 2.24) is 15.1 Å². The molecule has 0 radical (unpaired) electrons. The molecule has 0 aliphatic rings. The van der Waals surface area contributed by atoms with Crippen LogP contribution in [-0.4, -0.2) is 15.7 Å². The zero-order valence-corrected chi connectivity index (χ0v) is 11.5. The number of hydrogen-bond donors (Lipinski definition) is 2. The molecule has 4 nitrogen and oxygen atoms in total. The average molecular weight is 279 g/mol. The number of aryl methyl sites for hydroxylation is 2. The highest BCUT2D eigenvalue weighted by molar-refractivity contribution is 7.80. The Labute approximate surface area is 116 Å². The van der Waals surface area contributed by atoms with Crippen molar-refractivity contribution >= 4 is 18.5 Å². The summed E-state index contributed by atoms with van der Waals surface area (Å²) in [7, 11) is 1.82. The zero-order valence-electron chi connectivity index (χ0n) is 10.6. The van der Waals surface area contributed by atoms with Crippen molar-refractivity contribution in [3.05, 3.63) is 47.0 Å². The van der Waals surface area contributed by atoms with Crippen LogP contribution in [0.3, 0.4) is 0 Å². The van der Waals surface area contributed by atoms with E-state index in [0.717, 1.165) is 11.3 Å². The molecule has 0 fully saturated rings. The number of aromatic nitrogens is 2. The van der Waals surface area contributed by atoms with Gasteiger partial charge in [0.25, 0.3) is 5.91 Å². The Morgan fingerprint density at radius 1 is 1.53 bits per heavy atom. The first kappa shape index (κ1) is 13.6. The van der Waals surface area contributed by atoms with Gasteiger partial charge in [-0.1, -0.05) is 0 Å². The fraction of sp³-hybridized carbons (Fsp3) is 0.231. The van der Waals surface area contributed by atoms with Crippen molar-refractivity contribution in [2.45, 2.75) is 18.4 Å². The maximum absolute atomic E-state index is 13.0. The Morgan fingerprint density at radius 3 is 2.84 bits per heavy atom. The van der Waals surface area contributed by atoms with Gasteiger partial charge in [-0.25, -0.2) is 4.39 Å². The van der Waals surface area contributed by atoms with Crippen molar-refractivity contribution in [2.24, 2.45) is 7.05 Å². The molecule has 1 aromatic carbocycles. The van der Waals surface area contributed by atoms with E-state index in [-0.39, 0.29) is 10.8 Å². The van der Waals surface area contributed by atoms with Crippen molar-refractivity contribution < 1.29 is 9.18 Å². The molecule has 100 valence electrons. The smallest absolute Gasteiger partial charge is 0.251 e. The number of carbonyl (C=O) groups excluding carboxylic acids is 1.